The van der Waals surface area contributed by atoms with Crippen molar-refractivity contribution in [3.05, 3.63) is 42.0 Å². The summed E-state index contributed by atoms with van der Waals surface area (Å²) in [6, 6.07) is 8.53. The SMILES string of the molecule is C=C(C#N)C1(O)C(=O)N(COCC)c2ccccc21. The minimum Gasteiger partial charge on any atom is -0.371 e. The fourth-order valence-electron chi connectivity index (χ4n) is 2.12. The van der Waals surface area contributed by atoms with Crippen molar-refractivity contribution in [1.29, 1.82) is 5.26 Å². The summed E-state index contributed by atoms with van der Waals surface area (Å²) in [5, 5.41) is 19.5. The van der Waals surface area contributed by atoms with Crippen LogP contribution in [0.5, 0.6) is 0 Å². The van der Waals surface area contributed by atoms with Gasteiger partial charge in [0.05, 0.1) is 17.3 Å². The zero-order valence-corrected chi connectivity index (χ0v) is 10.6. The minimum atomic E-state index is -1.98. The van der Waals surface area contributed by atoms with Crippen molar-refractivity contribution in [3.8, 4) is 6.07 Å². The molecule has 5 heteroatoms. The van der Waals surface area contributed by atoms with E-state index in [-0.39, 0.29) is 12.3 Å². The topological polar surface area (TPSA) is 73.6 Å². The highest BCUT2D eigenvalue weighted by Gasteiger charge is 2.52. The maximum atomic E-state index is 12.4. The molecule has 1 atom stereocenters. The molecule has 1 aliphatic rings. The van der Waals surface area contributed by atoms with Gasteiger partial charge in [-0.05, 0) is 13.0 Å². The average molecular weight is 258 g/mol. The number of fused-ring (bicyclic) bond motifs is 1. The Hall–Kier alpha value is -2.16. The number of carbonyl (C=O) groups excluding carboxylic acids is 1. The van der Waals surface area contributed by atoms with Gasteiger partial charge in [-0.2, -0.15) is 5.26 Å². The number of nitriles is 1. The van der Waals surface area contributed by atoms with Crippen LogP contribution in [-0.4, -0.2) is 24.4 Å². The summed E-state index contributed by atoms with van der Waals surface area (Å²) >= 11 is 0. The number of rotatable bonds is 4. The zero-order chi connectivity index (χ0) is 14.0. The molecule has 2 rings (SSSR count). The molecular weight excluding hydrogens is 244 g/mol. The van der Waals surface area contributed by atoms with E-state index in [2.05, 4.69) is 6.58 Å². The number of carbonyl (C=O) groups is 1. The maximum Gasteiger partial charge on any atom is 0.271 e. The van der Waals surface area contributed by atoms with Crippen molar-refractivity contribution in [1.82, 2.24) is 0 Å². The summed E-state index contributed by atoms with van der Waals surface area (Å²) < 4.78 is 5.23. The third-order valence-corrected chi connectivity index (χ3v) is 3.14. The fraction of sp³-hybridized carbons (Fsp3) is 0.286. The van der Waals surface area contributed by atoms with Crippen LogP contribution in [0.2, 0.25) is 0 Å². The largest absolute Gasteiger partial charge is 0.371 e. The van der Waals surface area contributed by atoms with Gasteiger partial charge in [0.15, 0.2) is 0 Å². The predicted octanol–water partition coefficient (Wildman–Crippen LogP) is 1.29. The molecule has 0 saturated heterocycles. The first-order valence-corrected chi connectivity index (χ1v) is 5.88. The Bertz CT molecular complexity index is 576. The molecule has 0 aliphatic carbocycles. The number of benzene rings is 1. The third-order valence-electron chi connectivity index (χ3n) is 3.14. The van der Waals surface area contributed by atoms with E-state index in [4.69, 9.17) is 10.00 Å². The lowest BCUT2D eigenvalue weighted by atomic mass is 9.89. The molecule has 1 aromatic rings. The third kappa shape index (κ3) is 1.82. The number of nitrogens with zero attached hydrogens (tertiary/aromatic N) is 2. The summed E-state index contributed by atoms with van der Waals surface area (Å²) in [4.78, 5) is 13.7. The second-order valence-corrected chi connectivity index (χ2v) is 4.17. The van der Waals surface area contributed by atoms with Gasteiger partial charge in [0.1, 0.15) is 6.73 Å². The lowest BCUT2D eigenvalue weighted by molar-refractivity contribution is -0.133. The summed E-state index contributed by atoms with van der Waals surface area (Å²) in [6.07, 6.45) is 0. The van der Waals surface area contributed by atoms with Crippen LogP contribution < -0.4 is 4.90 Å². The molecule has 0 saturated carbocycles. The van der Waals surface area contributed by atoms with Gasteiger partial charge in [-0.3, -0.25) is 9.69 Å². The van der Waals surface area contributed by atoms with Gasteiger partial charge in [0.2, 0.25) is 5.60 Å². The van der Waals surface area contributed by atoms with Crippen molar-refractivity contribution in [2.75, 3.05) is 18.2 Å². The first kappa shape index (κ1) is 13.3. The zero-order valence-electron chi connectivity index (χ0n) is 10.6. The van der Waals surface area contributed by atoms with Gasteiger partial charge in [-0.1, -0.05) is 24.8 Å². The molecular formula is C14H14N2O3. The van der Waals surface area contributed by atoms with Crippen molar-refractivity contribution < 1.29 is 14.6 Å². The van der Waals surface area contributed by atoms with Crippen LogP contribution in [0.15, 0.2) is 36.4 Å². The number of anilines is 1. The van der Waals surface area contributed by atoms with Crippen LogP contribution in [0.3, 0.4) is 0 Å². The smallest absolute Gasteiger partial charge is 0.271 e. The molecule has 1 unspecified atom stereocenters. The Labute approximate surface area is 111 Å². The minimum absolute atomic E-state index is 0.0351. The highest BCUT2D eigenvalue weighted by molar-refractivity contribution is 6.09. The maximum absolute atomic E-state index is 12.4. The van der Waals surface area contributed by atoms with Gasteiger partial charge in [-0.15, -0.1) is 0 Å². The first-order valence-electron chi connectivity index (χ1n) is 5.88. The van der Waals surface area contributed by atoms with Gasteiger partial charge in [0.25, 0.3) is 5.91 Å². The molecule has 19 heavy (non-hydrogen) atoms. The van der Waals surface area contributed by atoms with Gasteiger partial charge in [-0.25, -0.2) is 0 Å². The van der Waals surface area contributed by atoms with Crippen molar-refractivity contribution in [2.45, 2.75) is 12.5 Å². The number of hydrogen-bond acceptors (Lipinski definition) is 4. The lowest BCUT2D eigenvalue weighted by Gasteiger charge is -2.21. The second kappa shape index (κ2) is 4.84. The molecule has 5 nitrogen and oxygen atoms in total. The van der Waals surface area contributed by atoms with E-state index >= 15 is 0 Å². The Morgan fingerprint density at radius 1 is 1.58 bits per heavy atom. The Morgan fingerprint density at radius 3 is 2.89 bits per heavy atom. The van der Waals surface area contributed by atoms with Crippen LogP contribution in [0.4, 0.5) is 5.69 Å². The first-order chi connectivity index (χ1) is 9.07. The van der Waals surface area contributed by atoms with E-state index in [1.807, 2.05) is 6.92 Å². The van der Waals surface area contributed by atoms with Gasteiger partial charge >= 0.3 is 0 Å². The van der Waals surface area contributed by atoms with E-state index in [0.717, 1.165) is 0 Å². The number of aliphatic hydroxyl groups is 1. The highest BCUT2D eigenvalue weighted by Crippen LogP contribution is 2.43. The summed E-state index contributed by atoms with van der Waals surface area (Å²) in [6.45, 7) is 5.79. The second-order valence-electron chi connectivity index (χ2n) is 4.17. The quantitative estimate of drug-likeness (QED) is 0.826. The molecule has 1 aromatic carbocycles. The average Bonchev–Trinajstić information content (AvgIpc) is 2.66. The van der Waals surface area contributed by atoms with Crippen molar-refractivity contribution in [2.24, 2.45) is 0 Å². The fourth-order valence-corrected chi connectivity index (χ4v) is 2.12. The van der Waals surface area contributed by atoms with Crippen LogP contribution in [0.1, 0.15) is 12.5 Å². The van der Waals surface area contributed by atoms with Gasteiger partial charge < -0.3 is 9.84 Å². The molecule has 0 aromatic heterocycles. The molecule has 1 heterocycles. The number of ether oxygens (including phenoxy) is 1. The molecule has 1 amide bonds. The Kier molecular flexibility index (Phi) is 3.38. The van der Waals surface area contributed by atoms with Gasteiger partial charge in [0, 0.05) is 12.2 Å². The molecule has 1 N–H and O–H groups in total. The number of amides is 1. The standard InChI is InChI=1S/C14H14N2O3/c1-3-19-9-16-12-7-5-4-6-11(12)14(18,13(16)17)10(2)8-15/h4-7,18H,2-3,9H2,1H3. The molecule has 0 spiro atoms. The Balaban J connectivity index is 2.53. The van der Waals surface area contributed by atoms with Crippen molar-refractivity contribution >= 4 is 11.6 Å². The summed E-state index contributed by atoms with van der Waals surface area (Å²) in [5.74, 6) is -0.603. The summed E-state index contributed by atoms with van der Waals surface area (Å²) in [5.41, 5.74) is -1.27. The molecule has 98 valence electrons. The molecule has 0 radical (unpaired) electrons. The lowest BCUT2D eigenvalue weighted by Crippen LogP contribution is -2.42. The van der Waals surface area contributed by atoms with Crippen LogP contribution >= 0.6 is 0 Å². The number of hydrogen-bond donors (Lipinski definition) is 1. The molecule has 0 bridgehead atoms. The van der Waals surface area contributed by atoms with E-state index in [1.165, 1.54) is 4.90 Å². The molecule has 1 aliphatic heterocycles. The van der Waals surface area contributed by atoms with E-state index in [9.17, 15) is 9.90 Å². The van der Waals surface area contributed by atoms with Crippen LogP contribution in [0, 0.1) is 11.3 Å². The summed E-state index contributed by atoms with van der Waals surface area (Å²) in [7, 11) is 0. The predicted molar refractivity (Wildman–Crippen MR) is 69.1 cm³/mol. The Morgan fingerprint density at radius 2 is 2.26 bits per heavy atom. The highest BCUT2D eigenvalue weighted by atomic mass is 16.5. The molecule has 0 fully saturated rings. The van der Waals surface area contributed by atoms with E-state index < -0.39 is 11.5 Å². The van der Waals surface area contributed by atoms with Crippen molar-refractivity contribution in [3.63, 3.8) is 0 Å². The normalized spacial score (nSPS) is 21.1. The van der Waals surface area contributed by atoms with Crippen LogP contribution in [0.25, 0.3) is 0 Å². The van der Waals surface area contributed by atoms with Crippen LogP contribution in [-0.2, 0) is 15.1 Å². The number of para-hydroxylation sites is 1. The van der Waals surface area contributed by atoms with E-state index in [0.29, 0.717) is 17.9 Å². The monoisotopic (exact) mass is 258 g/mol. The van der Waals surface area contributed by atoms with E-state index in [1.54, 1.807) is 30.3 Å².